The number of benzene rings is 1. The highest BCUT2D eigenvalue weighted by molar-refractivity contribution is 9.09. The maximum atomic E-state index is 12.3. The molecule has 21 heavy (non-hydrogen) atoms. The quantitative estimate of drug-likeness (QED) is 0.865. The number of para-hydroxylation sites is 1. The number of alkyl halides is 1. The zero-order valence-electron chi connectivity index (χ0n) is 11.7. The SMILES string of the molecule is O=C(NC1CCCCC1Br)c1cnn(-c2ccccc2)c1. The third-order valence-electron chi connectivity index (χ3n) is 3.86. The number of carbonyl (C=O) groups is 1. The lowest BCUT2D eigenvalue weighted by molar-refractivity contribution is 0.0930. The Morgan fingerprint density at radius 1 is 1.24 bits per heavy atom. The van der Waals surface area contributed by atoms with Crippen molar-refractivity contribution >= 4 is 21.8 Å². The Labute approximate surface area is 132 Å². The first-order chi connectivity index (χ1) is 10.2. The maximum Gasteiger partial charge on any atom is 0.254 e. The maximum absolute atomic E-state index is 12.3. The van der Waals surface area contributed by atoms with E-state index in [0.29, 0.717) is 10.4 Å². The molecule has 2 aromatic rings. The second-order valence-corrected chi connectivity index (χ2v) is 6.57. The van der Waals surface area contributed by atoms with Crippen LogP contribution in [0.5, 0.6) is 0 Å². The molecule has 5 heteroatoms. The molecule has 2 unspecified atom stereocenters. The molecule has 0 spiro atoms. The van der Waals surface area contributed by atoms with Crippen molar-refractivity contribution in [3.05, 3.63) is 48.3 Å². The van der Waals surface area contributed by atoms with E-state index in [-0.39, 0.29) is 11.9 Å². The molecule has 4 nitrogen and oxygen atoms in total. The van der Waals surface area contributed by atoms with E-state index in [1.54, 1.807) is 17.1 Å². The standard InChI is InChI=1S/C16H18BrN3O/c17-14-8-4-5-9-15(14)19-16(21)12-10-18-20(11-12)13-6-2-1-3-7-13/h1-3,6-7,10-11,14-15H,4-5,8-9H2,(H,19,21). The van der Waals surface area contributed by atoms with E-state index in [4.69, 9.17) is 0 Å². The van der Waals surface area contributed by atoms with E-state index >= 15 is 0 Å². The van der Waals surface area contributed by atoms with Crippen molar-refractivity contribution in [2.24, 2.45) is 0 Å². The summed E-state index contributed by atoms with van der Waals surface area (Å²) in [5.41, 5.74) is 1.55. The normalized spacial score (nSPS) is 22.0. The highest BCUT2D eigenvalue weighted by atomic mass is 79.9. The first-order valence-electron chi connectivity index (χ1n) is 7.29. The topological polar surface area (TPSA) is 46.9 Å². The molecule has 110 valence electrons. The number of amides is 1. The van der Waals surface area contributed by atoms with Gasteiger partial charge in [-0.05, 0) is 25.0 Å². The van der Waals surface area contributed by atoms with Crippen molar-refractivity contribution in [2.75, 3.05) is 0 Å². The fourth-order valence-electron chi connectivity index (χ4n) is 2.66. The average molecular weight is 348 g/mol. The molecule has 1 fully saturated rings. The molecule has 0 radical (unpaired) electrons. The third kappa shape index (κ3) is 3.35. The molecule has 1 saturated carbocycles. The summed E-state index contributed by atoms with van der Waals surface area (Å²) in [6, 6.07) is 10.0. The zero-order valence-corrected chi connectivity index (χ0v) is 13.3. The Morgan fingerprint density at radius 2 is 2.00 bits per heavy atom. The highest BCUT2D eigenvalue weighted by Gasteiger charge is 2.24. The minimum atomic E-state index is -0.0477. The van der Waals surface area contributed by atoms with E-state index in [1.807, 2.05) is 30.3 Å². The van der Waals surface area contributed by atoms with Crippen molar-refractivity contribution in [1.82, 2.24) is 15.1 Å². The molecule has 1 N–H and O–H groups in total. The molecule has 1 aromatic heterocycles. The van der Waals surface area contributed by atoms with Crippen LogP contribution in [0.1, 0.15) is 36.0 Å². The number of hydrogen-bond donors (Lipinski definition) is 1. The highest BCUT2D eigenvalue weighted by Crippen LogP contribution is 2.24. The van der Waals surface area contributed by atoms with Crippen molar-refractivity contribution in [3.63, 3.8) is 0 Å². The summed E-state index contributed by atoms with van der Waals surface area (Å²) >= 11 is 3.66. The molecule has 0 saturated heterocycles. The van der Waals surface area contributed by atoms with Crippen LogP contribution < -0.4 is 5.32 Å². The number of hydrogen-bond acceptors (Lipinski definition) is 2. The Hall–Kier alpha value is -1.62. The molecule has 2 atom stereocenters. The third-order valence-corrected chi connectivity index (χ3v) is 4.96. The summed E-state index contributed by atoms with van der Waals surface area (Å²) in [5, 5.41) is 7.37. The lowest BCUT2D eigenvalue weighted by atomic mass is 9.95. The van der Waals surface area contributed by atoms with Gasteiger partial charge in [-0.15, -0.1) is 0 Å². The first-order valence-corrected chi connectivity index (χ1v) is 8.20. The van der Waals surface area contributed by atoms with Crippen LogP contribution in [0.3, 0.4) is 0 Å². The van der Waals surface area contributed by atoms with Crippen molar-refractivity contribution in [3.8, 4) is 5.69 Å². The van der Waals surface area contributed by atoms with Crippen LogP contribution in [-0.2, 0) is 0 Å². The van der Waals surface area contributed by atoms with Gasteiger partial charge in [-0.3, -0.25) is 4.79 Å². The Morgan fingerprint density at radius 3 is 2.76 bits per heavy atom. The van der Waals surface area contributed by atoms with E-state index in [9.17, 15) is 4.79 Å². The van der Waals surface area contributed by atoms with Crippen molar-refractivity contribution in [2.45, 2.75) is 36.6 Å². The van der Waals surface area contributed by atoms with Gasteiger partial charge in [0.2, 0.25) is 0 Å². The van der Waals surface area contributed by atoms with Gasteiger partial charge in [0, 0.05) is 17.1 Å². The fraction of sp³-hybridized carbons (Fsp3) is 0.375. The summed E-state index contributed by atoms with van der Waals surface area (Å²) < 4.78 is 1.72. The van der Waals surface area contributed by atoms with Gasteiger partial charge in [0.25, 0.3) is 5.91 Å². The average Bonchev–Trinajstić information content (AvgIpc) is 3.00. The summed E-state index contributed by atoms with van der Waals surface area (Å²) in [5.74, 6) is -0.0477. The van der Waals surface area contributed by atoms with Crippen LogP contribution in [0.15, 0.2) is 42.7 Å². The largest absolute Gasteiger partial charge is 0.348 e. The summed E-state index contributed by atoms with van der Waals surface area (Å²) in [6.07, 6.45) is 7.96. The van der Waals surface area contributed by atoms with E-state index in [1.165, 1.54) is 12.8 Å². The number of nitrogens with zero attached hydrogens (tertiary/aromatic N) is 2. The second-order valence-electron chi connectivity index (χ2n) is 5.39. The molecule has 3 rings (SSSR count). The predicted octanol–water partition coefficient (Wildman–Crippen LogP) is 3.31. The van der Waals surface area contributed by atoms with Crippen LogP contribution in [0.25, 0.3) is 5.69 Å². The Kier molecular flexibility index (Phi) is 4.39. The molecule has 0 aliphatic heterocycles. The summed E-state index contributed by atoms with van der Waals surface area (Å²) in [7, 11) is 0. The fourth-order valence-corrected chi connectivity index (χ4v) is 3.38. The minimum absolute atomic E-state index is 0.0477. The van der Waals surface area contributed by atoms with Gasteiger partial charge in [0.1, 0.15) is 0 Å². The smallest absolute Gasteiger partial charge is 0.254 e. The van der Waals surface area contributed by atoms with Crippen LogP contribution in [0.2, 0.25) is 0 Å². The van der Waals surface area contributed by atoms with Crippen LogP contribution in [0, 0.1) is 0 Å². The van der Waals surface area contributed by atoms with Gasteiger partial charge in [0.05, 0.1) is 17.4 Å². The summed E-state index contributed by atoms with van der Waals surface area (Å²) in [6.45, 7) is 0. The zero-order chi connectivity index (χ0) is 14.7. The van der Waals surface area contributed by atoms with Crippen molar-refractivity contribution < 1.29 is 4.79 Å². The van der Waals surface area contributed by atoms with Gasteiger partial charge in [-0.2, -0.15) is 5.10 Å². The van der Waals surface area contributed by atoms with E-state index in [0.717, 1.165) is 18.5 Å². The molecular weight excluding hydrogens is 330 g/mol. The van der Waals surface area contributed by atoms with Gasteiger partial charge < -0.3 is 5.32 Å². The second kappa shape index (κ2) is 6.43. The number of carbonyl (C=O) groups excluding carboxylic acids is 1. The molecular formula is C16H18BrN3O. The predicted molar refractivity (Wildman–Crippen MR) is 86.0 cm³/mol. The minimum Gasteiger partial charge on any atom is -0.348 e. The molecule has 1 amide bonds. The van der Waals surface area contributed by atoms with Crippen LogP contribution in [-0.4, -0.2) is 26.6 Å². The van der Waals surface area contributed by atoms with Gasteiger partial charge in [-0.25, -0.2) is 4.68 Å². The monoisotopic (exact) mass is 347 g/mol. The van der Waals surface area contributed by atoms with Gasteiger partial charge >= 0.3 is 0 Å². The Balaban J connectivity index is 1.69. The molecule has 1 aliphatic carbocycles. The van der Waals surface area contributed by atoms with E-state index in [2.05, 4.69) is 26.3 Å². The molecule has 1 aliphatic rings. The lowest BCUT2D eigenvalue weighted by Crippen LogP contribution is -2.42. The molecule has 1 aromatic carbocycles. The first kappa shape index (κ1) is 14.3. The number of nitrogens with one attached hydrogen (secondary N) is 1. The van der Waals surface area contributed by atoms with Crippen LogP contribution in [0.4, 0.5) is 0 Å². The van der Waals surface area contributed by atoms with Gasteiger partial charge in [0.15, 0.2) is 0 Å². The van der Waals surface area contributed by atoms with Gasteiger partial charge in [-0.1, -0.05) is 47.0 Å². The number of rotatable bonds is 3. The Bertz CT molecular complexity index is 611. The van der Waals surface area contributed by atoms with E-state index < -0.39 is 0 Å². The number of halogens is 1. The van der Waals surface area contributed by atoms with Crippen molar-refractivity contribution in [1.29, 1.82) is 0 Å². The molecule has 0 bridgehead atoms. The van der Waals surface area contributed by atoms with Crippen LogP contribution >= 0.6 is 15.9 Å². The number of aromatic nitrogens is 2. The lowest BCUT2D eigenvalue weighted by Gasteiger charge is -2.27. The summed E-state index contributed by atoms with van der Waals surface area (Å²) in [4.78, 5) is 12.7. The molecule has 1 heterocycles.